The van der Waals surface area contributed by atoms with Gasteiger partial charge in [0, 0.05) is 15.1 Å². The molecule has 2 fully saturated rings. The first-order chi connectivity index (χ1) is 16.6. The van der Waals surface area contributed by atoms with Crippen molar-refractivity contribution >= 4 is 46.0 Å². The molecular weight excluding hydrogens is 565 g/mol. The lowest BCUT2D eigenvalue weighted by Crippen LogP contribution is -2.32. The van der Waals surface area contributed by atoms with Gasteiger partial charge in [-0.2, -0.15) is 0 Å². The van der Waals surface area contributed by atoms with Crippen LogP contribution in [0.3, 0.4) is 0 Å². The molecule has 0 unspecified atom stereocenters. The summed E-state index contributed by atoms with van der Waals surface area (Å²) in [6.07, 6.45) is 7.52. The molecule has 0 radical (unpaired) electrons. The molecule has 0 heterocycles. The molecule has 0 bridgehead atoms. The van der Waals surface area contributed by atoms with E-state index in [1.54, 1.807) is 6.07 Å². The van der Waals surface area contributed by atoms with Gasteiger partial charge in [-0.15, -0.1) is 0 Å². The van der Waals surface area contributed by atoms with Gasteiger partial charge in [0.2, 0.25) is 17.7 Å². The number of benzene rings is 1. The Labute approximate surface area is 230 Å². The summed E-state index contributed by atoms with van der Waals surface area (Å²) in [6.45, 7) is 13.6. The van der Waals surface area contributed by atoms with Crippen molar-refractivity contribution in [3.05, 3.63) is 26.3 Å². The summed E-state index contributed by atoms with van der Waals surface area (Å²) in [4.78, 5) is 38.5. The van der Waals surface area contributed by atoms with Crippen molar-refractivity contribution in [2.75, 3.05) is 5.32 Å². The Balaban J connectivity index is 1.88. The fourth-order valence-electron chi connectivity index (χ4n) is 6.34. The summed E-state index contributed by atoms with van der Waals surface area (Å²) >= 11 is 2.09. The lowest BCUT2D eigenvalue weighted by molar-refractivity contribution is -0.121. The third-order valence-electron chi connectivity index (χ3n) is 8.76. The van der Waals surface area contributed by atoms with Crippen LogP contribution in [0.25, 0.3) is 0 Å². The van der Waals surface area contributed by atoms with Crippen LogP contribution in [-0.2, 0) is 4.79 Å². The summed E-state index contributed by atoms with van der Waals surface area (Å²) in [5.74, 6) is -0.0874. The van der Waals surface area contributed by atoms with Gasteiger partial charge in [0.1, 0.15) is 0 Å². The molecule has 2 aliphatic carbocycles. The second kappa shape index (κ2) is 11.0. The highest BCUT2D eigenvalue weighted by molar-refractivity contribution is 14.1. The highest BCUT2D eigenvalue weighted by Gasteiger charge is 2.36. The quantitative estimate of drug-likeness (QED) is 0.327. The Morgan fingerprint density at radius 1 is 0.806 bits per heavy atom. The molecule has 1 aromatic rings. The van der Waals surface area contributed by atoms with Crippen LogP contribution in [-0.4, -0.2) is 17.7 Å². The van der Waals surface area contributed by atoms with Crippen LogP contribution in [0, 0.1) is 32.2 Å². The topological polar surface area (TPSA) is 115 Å². The van der Waals surface area contributed by atoms with E-state index in [4.69, 9.17) is 11.5 Å². The zero-order valence-corrected chi connectivity index (χ0v) is 25.0. The summed E-state index contributed by atoms with van der Waals surface area (Å²) in [6, 6.07) is 1.67. The van der Waals surface area contributed by atoms with E-state index in [1.807, 2.05) is 0 Å². The Hall–Kier alpha value is -1.64. The number of nitrogens with one attached hydrogen (secondary N) is 1. The maximum Gasteiger partial charge on any atom is 0.250 e. The van der Waals surface area contributed by atoms with Crippen molar-refractivity contribution in [3.8, 4) is 0 Å². The number of halogens is 1. The average Bonchev–Trinajstić information content (AvgIpc) is 2.78. The second-order valence-corrected chi connectivity index (χ2v) is 14.2. The maximum absolute atomic E-state index is 13.2. The number of nitrogens with two attached hydrogens (primary N) is 2. The van der Waals surface area contributed by atoms with Crippen LogP contribution in [0.2, 0.25) is 0 Å². The van der Waals surface area contributed by atoms with Gasteiger partial charge in [0.05, 0.1) is 11.3 Å². The molecule has 2 aliphatic rings. The molecule has 1 aromatic carbocycles. The monoisotopic (exact) mass is 609 g/mol. The Bertz CT molecular complexity index is 1010. The van der Waals surface area contributed by atoms with E-state index in [0.29, 0.717) is 37.8 Å². The summed E-state index contributed by atoms with van der Waals surface area (Å²) in [7, 11) is 0. The molecule has 0 saturated heterocycles. The molecule has 0 spiro atoms. The number of hydrogen-bond donors (Lipinski definition) is 3. The molecule has 2 saturated carbocycles. The average molecular weight is 610 g/mol. The van der Waals surface area contributed by atoms with Crippen molar-refractivity contribution in [3.63, 3.8) is 0 Å². The van der Waals surface area contributed by atoms with E-state index >= 15 is 0 Å². The normalized spacial score (nSPS) is 25.3. The van der Waals surface area contributed by atoms with E-state index in [2.05, 4.69) is 69.5 Å². The fourth-order valence-corrected chi connectivity index (χ4v) is 7.18. The van der Waals surface area contributed by atoms with E-state index in [0.717, 1.165) is 51.4 Å². The van der Waals surface area contributed by atoms with Gasteiger partial charge in [-0.25, -0.2) is 0 Å². The third-order valence-corrected chi connectivity index (χ3v) is 9.88. The highest BCUT2D eigenvalue weighted by atomic mass is 127. The van der Waals surface area contributed by atoms with Crippen molar-refractivity contribution in [1.29, 1.82) is 0 Å². The summed E-state index contributed by atoms with van der Waals surface area (Å²) < 4.78 is 0.592. The van der Waals surface area contributed by atoms with Crippen molar-refractivity contribution in [2.45, 2.75) is 98.8 Å². The SMILES string of the molecule is CC(C)(C)C1CCC(C(=O)Nc2cc(C(N)=O)c(C3CCC(C(C)(C)C)CC3)c(C(N)=O)c2I)CC1. The van der Waals surface area contributed by atoms with Crippen LogP contribution in [0.1, 0.15) is 125 Å². The minimum atomic E-state index is -0.594. The number of anilines is 1. The van der Waals surface area contributed by atoms with Crippen molar-refractivity contribution in [2.24, 2.45) is 40.1 Å². The van der Waals surface area contributed by atoms with Crippen LogP contribution < -0.4 is 16.8 Å². The largest absolute Gasteiger partial charge is 0.366 e. The molecule has 7 heteroatoms. The fraction of sp³-hybridized carbons (Fsp3) is 0.690. The minimum absolute atomic E-state index is 0.0412. The van der Waals surface area contributed by atoms with Gasteiger partial charge in [0.25, 0.3) is 0 Å². The Morgan fingerprint density at radius 3 is 1.69 bits per heavy atom. The molecule has 0 aliphatic heterocycles. The predicted molar refractivity (Wildman–Crippen MR) is 154 cm³/mol. The number of primary amides is 2. The van der Waals surface area contributed by atoms with Crippen LogP contribution in [0.15, 0.2) is 6.07 Å². The van der Waals surface area contributed by atoms with Gasteiger partial charge >= 0.3 is 0 Å². The van der Waals surface area contributed by atoms with Gasteiger partial charge < -0.3 is 16.8 Å². The number of amides is 3. The first kappa shape index (κ1) is 28.9. The van der Waals surface area contributed by atoms with E-state index in [1.165, 1.54) is 0 Å². The first-order valence-corrected chi connectivity index (χ1v) is 14.5. The zero-order valence-electron chi connectivity index (χ0n) is 22.8. The lowest BCUT2D eigenvalue weighted by atomic mass is 9.67. The third kappa shape index (κ3) is 6.43. The van der Waals surface area contributed by atoms with Gasteiger partial charge in [-0.1, -0.05) is 41.5 Å². The van der Waals surface area contributed by atoms with E-state index in [-0.39, 0.29) is 28.6 Å². The summed E-state index contributed by atoms with van der Waals surface area (Å²) in [5, 5.41) is 3.02. The van der Waals surface area contributed by atoms with Gasteiger partial charge in [0.15, 0.2) is 0 Å². The molecule has 3 rings (SSSR count). The molecule has 3 amide bonds. The Kier molecular flexibility index (Phi) is 8.84. The van der Waals surface area contributed by atoms with Crippen molar-refractivity contribution in [1.82, 2.24) is 0 Å². The molecule has 5 N–H and O–H groups in total. The molecule has 36 heavy (non-hydrogen) atoms. The van der Waals surface area contributed by atoms with E-state index in [9.17, 15) is 14.4 Å². The van der Waals surface area contributed by atoms with Crippen LogP contribution in [0.5, 0.6) is 0 Å². The highest BCUT2D eigenvalue weighted by Crippen LogP contribution is 2.46. The molecule has 200 valence electrons. The molecular formula is C29H44IN3O3. The first-order valence-electron chi connectivity index (χ1n) is 13.4. The lowest BCUT2D eigenvalue weighted by Gasteiger charge is -2.38. The van der Waals surface area contributed by atoms with Gasteiger partial charge in [-0.05, 0) is 114 Å². The van der Waals surface area contributed by atoms with Crippen LogP contribution >= 0.6 is 22.6 Å². The van der Waals surface area contributed by atoms with Gasteiger partial charge in [-0.3, -0.25) is 14.4 Å². The standard InChI is InChI=1S/C29H44IN3O3/c1-28(2,3)18-11-7-16(8-12-18)22-20(25(31)34)15-21(24(30)23(22)26(32)35)33-27(36)17-9-13-19(14-10-17)29(4,5)6/h15-19H,7-14H2,1-6H3,(H2,31,34)(H2,32,35)(H,33,36). The minimum Gasteiger partial charge on any atom is -0.366 e. The smallest absolute Gasteiger partial charge is 0.250 e. The van der Waals surface area contributed by atoms with E-state index < -0.39 is 11.8 Å². The van der Waals surface area contributed by atoms with Crippen molar-refractivity contribution < 1.29 is 14.4 Å². The number of carbonyl (C=O) groups is 3. The number of hydrogen-bond acceptors (Lipinski definition) is 3. The predicted octanol–water partition coefficient (Wildman–Crippen LogP) is 6.60. The number of rotatable bonds is 5. The number of carbonyl (C=O) groups excluding carboxylic acids is 3. The molecule has 0 aromatic heterocycles. The molecule has 0 atom stereocenters. The second-order valence-electron chi connectivity index (χ2n) is 13.1. The Morgan fingerprint density at radius 2 is 1.28 bits per heavy atom. The molecule has 6 nitrogen and oxygen atoms in total. The maximum atomic E-state index is 13.2. The summed E-state index contributed by atoms with van der Waals surface area (Å²) in [5.41, 5.74) is 13.9. The van der Waals surface area contributed by atoms with Crippen LogP contribution in [0.4, 0.5) is 5.69 Å². The zero-order chi connectivity index (χ0) is 27.0.